The highest BCUT2D eigenvalue weighted by Crippen LogP contribution is 2.17. The largest absolute Gasteiger partial charge is 0.376 e. The lowest BCUT2D eigenvalue weighted by atomic mass is 10.1. The molecule has 3 N–H and O–H groups in total. The SMILES string of the molecule is CC(=O)c1ccccc1NC(=O)CNc1ccccc1C(=O)NCc1ccc(C)cc1. The first kappa shape index (κ1) is 21.8. The fourth-order valence-electron chi connectivity index (χ4n) is 3.09. The molecule has 0 bridgehead atoms. The predicted octanol–water partition coefficient (Wildman–Crippen LogP) is 4.18. The van der Waals surface area contributed by atoms with Gasteiger partial charge in [0.25, 0.3) is 5.91 Å². The van der Waals surface area contributed by atoms with E-state index in [1.165, 1.54) is 6.92 Å². The Hall–Kier alpha value is -3.93. The van der Waals surface area contributed by atoms with E-state index in [2.05, 4.69) is 16.0 Å². The zero-order chi connectivity index (χ0) is 22.2. The number of carbonyl (C=O) groups excluding carboxylic acids is 3. The number of anilines is 2. The summed E-state index contributed by atoms with van der Waals surface area (Å²) in [5.74, 6) is -0.672. The fourth-order valence-corrected chi connectivity index (χ4v) is 3.09. The number of nitrogens with one attached hydrogen (secondary N) is 3. The highest BCUT2D eigenvalue weighted by atomic mass is 16.2. The summed E-state index contributed by atoms with van der Waals surface area (Å²) >= 11 is 0. The summed E-state index contributed by atoms with van der Waals surface area (Å²) < 4.78 is 0. The maximum absolute atomic E-state index is 12.7. The molecular weight excluding hydrogens is 390 g/mol. The second-order valence-electron chi connectivity index (χ2n) is 7.22. The molecule has 0 aliphatic rings. The van der Waals surface area contributed by atoms with Gasteiger partial charge in [0, 0.05) is 17.8 Å². The lowest BCUT2D eigenvalue weighted by Crippen LogP contribution is -2.26. The van der Waals surface area contributed by atoms with Crippen LogP contribution >= 0.6 is 0 Å². The molecule has 0 saturated carbocycles. The van der Waals surface area contributed by atoms with E-state index >= 15 is 0 Å². The standard InChI is InChI=1S/C25H25N3O3/c1-17-11-13-19(14-12-17)15-27-25(31)21-8-4-5-9-22(21)26-16-24(30)28-23-10-6-3-7-20(23)18(2)29/h3-14,26H,15-16H2,1-2H3,(H,27,31)(H,28,30). The van der Waals surface area contributed by atoms with Crippen LogP contribution in [0.2, 0.25) is 0 Å². The van der Waals surface area contributed by atoms with Crippen LogP contribution in [0.15, 0.2) is 72.8 Å². The monoisotopic (exact) mass is 415 g/mol. The molecule has 0 radical (unpaired) electrons. The summed E-state index contributed by atoms with van der Waals surface area (Å²) in [5, 5.41) is 8.66. The number of rotatable bonds is 8. The van der Waals surface area contributed by atoms with Crippen LogP contribution in [0, 0.1) is 6.92 Å². The number of hydrogen-bond donors (Lipinski definition) is 3. The topological polar surface area (TPSA) is 87.3 Å². The van der Waals surface area contributed by atoms with Crippen molar-refractivity contribution in [2.75, 3.05) is 17.2 Å². The Kier molecular flexibility index (Phi) is 7.17. The first-order chi connectivity index (χ1) is 14.9. The van der Waals surface area contributed by atoms with E-state index in [1.807, 2.05) is 31.2 Å². The molecule has 0 aliphatic carbocycles. The Bertz CT molecular complexity index is 1090. The van der Waals surface area contributed by atoms with E-state index in [0.717, 1.165) is 11.1 Å². The van der Waals surface area contributed by atoms with Gasteiger partial charge in [-0.1, -0.05) is 54.1 Å². The van der Waals surface area contributed by atoms with Crippen LogP contribution in [-0.2, 0) is 11.3 Å². The van der Waals surface area contributed by atoms with E-state index in [0.29, 0.717) is 29.0 Å². The van der Waals surface area contributed by atoms with Gasteiger partial charge in [0.2, 0.25) is 5.91 Å². The Morgan fingerprint density at radius 3 is 2.06 bits per heavy atom. The highest BCUT2D eigenvalue weighted by molar-refractivity contribution is 6.05. The van der Waals surface area contributed by atoms with Crippen molar-refractivity contribution in [2.45, 2.75) is 20.4 Å². The van der Waals surface area contributed by atoms with Crippen molar-refractivity contribution in [3.05, 3.63) is 95.1 Å². The number of amides is 2. The lowest BCUT2D eigenvalue weighted by Gasteiger charge is -2.13. The molecule has 0 aliphatic heterocycles. The van der Waals surface area contributed by atoms with E-state index < -0.39 is 0 Å². The van der Waals surface area contributed by atoms with E-state index in [4.69, 9.17) is 0 Å². The van der Waals surface area contributed by atoms with Crippen molar-refractivity contribution in [3.63, 3.8) is 0 Å². The van der Waals surface area contributed by atoms with E-state index in [9.17, 15) is 14.4 Å². The van der Waals surface area contributed by atoms with Crippen molar-refractivity contribution < 1.29 is 14.4 Å². The molecule has 6 nitrogen and oxygen atoms in total. The van der Waals surface area contributed by atoms with Gasteiger partial charge in [-0.25, -0.2) is 0 Å². The Morgan fingerprint density at radius 2 is 1.39 bits per heavy atom. The van der Waals surface area contributed by atoms with Gasteiger partial charge in [0.05, 0.1) is 17.8 Å². The molecule has 3 aromatic rings. The zero-order valence-corrected chi connectivity index (χ0v) is 17.6. The normalized spacial score (nSPS) is 10.3. The van der Waals surface area contributed by atoms with Gasteiger partial charge in [0.15, 0.2) is 5.78 Å². The third-order valence-electron chi connectivity index (χ3n) is 4.77. The number of carbonyl (C=O) groups is 3. The summed E-state index contributed by atoms with van der Waals surface area (Å²) in [7, 11) is 0. The van der Waals surface area contributed by atoms with Gasteiger partial charge in [-0.3, -0.25) is 14.4 Å². The third-order valence-corrected chi connectivity index (χ3v) is 4.77. The average molecular weight is 415 g/mol. The maximum Gasteiger partial charge on any atom is 0.253 e. The molecule has 0 fully saturated rings. The summed E-state index contributed by atoms with van der Waals surface area (Å²) in [6, 6.07) is 21.8. The fraction of sp³-hybridized carbons (Fsp3) is 0.160. The number of hydrogen-bond acceptors (Lipinski definition) is 4. The minimum Gasteiger partial charge on any atom is -0.376 e. The molecule has 0 aromatic heterocycles. The molecule has 0 saturated heterocycles. The second-order valence-corrected chi connectivity index (χ2v) is 7.22. The van der Waals surface area contributed by atoms with Crippen LogP contribution in [0.4, 0.5) is 11.4 Å². The number of benzene rings is 3. The molecule has 6 heteroatoms. The molecule has 0 heterocycles. The predicted molar refractivity (Wildman–Crippen MR) is 122 cm³/mol. The first-order valence-electron chi connectivity index (χ1n) is 10.0. The minimum atomic E-state index is -0.316. The smallest absolute Gasteiger partial charge is 0.253 e. The quantitative estimate of drug-likeness (QED) is 0.482. The number of Topliss-reactive ketones (excluding diaryl/α,β-unsaturated/α-hetero) is 1. The maximum atomic E-state index is 12.7. The Balaban J connectivity index is 1.61. The molecule has 0 unspecified atom stereocenters. The number of para-hydroxylation sites is 2. The molecule has 0 spiro atoms. The zero-order valence-electron chi connectivity index (χ0n) is 17.6. The van der Waals surface area contributed by atoms with Gasteiger partial charge in [0.1, 0.15) is 0 Å². The molecule has 158 valence electrons. The first-order valence-corrected chi connectivity index (χ1v) is 10.0. The second kappa shape index (κ2) is 10.2. The summed E-state index contributed by atoms with van der Waals surface area (Å²) in [4.78, 5) is 36.8. The van der Waals surface area contributed by atoms with Gasteiger partial charge in [-0.15, -0.1) is 0 Å². The number of ketones is 1. The van der Waals surface area contributed by atoms with Gasteiger partial charge in [-0.05, 0) is 43.7 Å². The average Bonchev–Trinajstić information content (AvgIpc) is 2.77. The lowest BCUT2D eigenvalue weighted by molar-refractivity contribution is -0.114. The molecule has 31 heavy (non-hydrogen) atoms. The van der Waals surface area contributed by atoms with Crippen LogP contribution in [0.1, 0.15) is 38.8 Å². The number of aryl methyl sites for hydroxylation is 1. The van der Waals surface area contributed by atoms with Gasteiger partial charge in [-0.2, -0.15) is 0 Å². The van der Waals surface area contributed by atoms with E-state index in [-0.39, 0.29) is 24.1 Å². The van der Waals surface area contributed by atoms with Gasteiger partial charge < -0.3 is 16.0 Å². The van der Waals surface area contributed by atoms with Crippen molar-refractivity contribution >= 4 is 29.0 Å². The third kappa shape index (κ3) is 6.02. The van der Waals surface area contributed by atoms with Crippen molar-refractivity contribution in [3.8, 4) is 0 Å². The molecule has 3 rings (SSSR count). The van der Waals surface area contributed by atoms with E-state index in [1.54, 1.807) is 48.5 Å². The van der Waals surface area contributed by atoms with Crippen LogP contribution in [0.5, 0.6) is 0 Å². The van der Waals surface area contributed by atoms with Crippen LogP contribution < -0.4 is 16.0 Å². The van der Waals surface area contributed by atoms with Gasteiger partial charge >= 0.3 is 0 Å². The Morgan fingerprint density at radius 1 is 0.774 bits per heavy atom. The molecular formula is C25H25N3O3. The minimum absolute atomic E-state index is 0.0471. The van der Waals surface area contributed by atoms with Crippen molar-refractivity contribution in [1.29, 1.82) is 0 Å². The summed E-state index contributed by atoms with van der Waals surface area (Å²) in [6.45, 7) is 3.83. The summed E-state index contributed by atoms with van der Waals surface area (Å²) in [6.07, 6.45) is 0. The van der Waals surface area contributed by atoms with Crippen molar-refractivity contribution in [1.82, 2.24) is 5.32 Å². The van der Waals surface area contributed by atoms with Crippen LogP contribution in [0.3, 0.4) is 0 Å². The Labute approximate surface area is 181 Å². The van der Waals surface area contributed by atoms with Crippen molar-refractivity contribution in [2.24, 2.45) is 0 Å². The summed E-state index contributed by atoms with van der Waals surface area (Å²) in [5.41, 5.74) is 4.09. The molecule has 2 amide bonds. The van der Waals surface area contributed by atoms with Crippen LogP contribution in [-0.4, -0.2) is 24.1 Å². The molecule has 3 aromatic carbocycles. The van der Waals surface area contributed by atoms with Crippen LogP contribution in [0.25, 0.3) is 0 Å². The highest BCUT2D eigenvalue weighted by Gasteiger charge is 2.13. The molecule has 0 atom stereocenters.